The van der Waals surface area contributed by atoms with Crippen molar-refractivity contribution in [2.45, 2.75) is 0 Å². The molecule has 132 valence electrons. The molecule has 3 aromatic rings. The highest BCUT2D eigenvalue weighted by molar-refractivity contribution is 6.34. The lowest BCUT2D eigenvalue weighted by Gasteiger charge is -2.15. The topological polar surface area (TPSA) is 63.7 Å². The average Bonchev–Trinajstić information content (AvgIpc) is 2.98. The van der Waals surface area contributed by atoms with Crippen molar-refractivity contribution in [3.63, 3.8) is 0 Å². The summed E-state index contributed by atoms with van der Waals surface area (Å²) in [6.07, 6.45) is 0. The Morgan fingerprint density at radius 1 is 0.778 bits per heavy atom. The molecule has 1 heterocycles. The summed E-state index contributed by atoms with van der Waals surface area (Å²) in [6, 6.07) is 22.2. The summed E-state index contributed by atoms with van der Waals surface area (Å²) in [5.74, 6) is -0.476. The minimum Gasteiger partial charge on any atom is -0.485 e. The molecule has 27 heavy (non-hydrogen) atoms. The molecule has 0 saturated carbocycles. The van der Waals surface area contributed by atoms with E-state index in [1.54, 1.807) is 72.8 Å². The maximum Gasteiger partial charge on any atom is 0.266 e. The van der Waals surface area contributed by atoms with Crippen LogP contribution in [0.1, 0.15) is 31.1 Å². The highest BCUT2D eigenvalue weighted by Gasteiger charge is 2.36. The van der Waals surface area contributed by atoms with Crippen LogP contribution in [0.15, 0.2) is 78.9 Å². The van der Waals surface area contributed by atoms with Crippen LogP contribution in [-0.2, 0) is 0 Å². The number of hydrogen-bond donors (Lipinski definition) is 0. The molecular weight excluding hydrogens is 342 g/mol. The first kappa shape index (κ1) is 16.7. The number of fused-ring (bicyclic) bond motifs is 1. The quantitative estimate of drug-likeness (QED) is 0.515. The Labute approximate surface area is 155 Å². The summed E-state index contributed by atoms with van der Waals surface area (Å²) in [5.41, 5.74) is 1.74. The van der Waals surface area contributed by atoms with Gasteiger partial charge in [-0.2, -0.15) is 0 Å². The van der Waals surface area contributed by atoms with Crippen LogP contribution in [0.5, 0.6) is 5.75 Å². The van der Waals surface area contributed by atoms with Crippen molar-refractivity contribution < 1.29 is 19.1 Å². The highest BCUT2D eigenvalue weighted by atomic mass is 16.5. The third-order valence-electron chi connectivity index (χ3n) is 4.34. The fourth-order valence-corrected chi connectivity index (χ4v) is 2.99. The zero-order valence-corrected chi connectivity index (χ0v) is 14.3. The van der Waals surface area contributed by atoms with E-state index in [1.807, 2.05) is 6.07 Å². The van der Waals surface area contributed by atoms with E-state index < -0.39 is 0 Å². The Hall–Kier alpha value is -3.73. The van der Waals surface area contributed by atoms with Gasteiger partial charge in [-0.3, -0.25) is 14.4 Å². The predicted octanol–water partition coefficient (Wildman–Crippen LogP) is 3.75. The van der Waals surface area contributed by atoms with Gasteiger partial charge in [0, 0.05) is 11.6 Å². The van der Waals surface area contributed by atoms with Gasteiger partial charge in [-0.05, 0) is 24.3 Å². The Morgan fingerprint density at radius 2 is 1.41 bits per heavy atom. The fourth-order valence-electron chi connectivity index (χ4n) is 2.99. The van der Waals surface area contributed by atoms with E-state index >= 15 is 0 Å². The van der Waals surface area contributed by atoms with E-state index in [2.05, 4.69) is 0 Å². The lowest BCUT2D eigenvalue weighted by atomic mass is 10.1. The lowest BCUT2D eigenvalue weighted by Crippen LogP contribution is -2.29. The molecular formula is C22H15NO4. The monoisotopic (exact) mass is 357 g/mol. The second kappa shape index (κ2) is 6.88. The van der Waals surface area contributed by atoms with Gasteiger partial charge in [0.05, 0.1) is 16.8 Å². The normalized spacial score (nSPS) is 12.8. The van der Waals surface area contributed by atoms with E-state index in [9.17, 15) is 14.4 Å². The number of benzene rings is 3. The third kappa shape index (κ3) is 3.11. The summed E-state index contributed by atoms with van der Waals surface area (Å²) in [5, 5.41) is 0. The number of amides is 2. The zero-order chi connectivity index (χ0) is 18.8. The van der Waals surface area contributed by atoms with Gasteiger partial charge in [-0.25, -0.2) is 4.90 Å². The molecule has 0 spiro atoms. The third-order valence-corrected chi connectivity index (χ3v) is 4.34. The summed E-state index contributed by atoms with van der Waals surface area (Å²) in [4.78, 5) is 38.5. The van der Waals surface area contributed by atoms with Crippen molar-refractivity contribution in [1.82, 2.24) is 0 Å². The Morgan fingerprint density at radius 3 is 2.07 bits per heavy atom. The van der Waals surface area contributed by atoms with Gasteiger partial charge in [0.1, 0.15) is 5.75 Å². The summed E-state index contributed by atoms with van der Waals surface area (Å²) < 4.78 is 5.57. The van der Waals surface area contributed by atoms with Crippen LogP contribution in [0.25, 0.3) is 0 Å². The molecule has 3 aromatic carbocycles. The average molecular weight is 357 g/mol. The molecule has 5 heteroatoms. The van der Waals surface area contributed by atoms with Gasteiger partial charge in [0.15, 0.2) is 12.4 Å². The molecule has 5 nitrogen and oxygen atoms in total. The van der Waals surface area contributed by atoms with Gasteiger partial charge in [-0.15, -0.1) is 0 Å². The number of imide groups is 1. The van der Waals surface area contributed by atoms with E-state index in [-0.39, 0.29) is 24.2 Å². The van der Waals surface area contributed by atoms with Crippen LogP contribution in [0.3, 0.4) is 0 Å². The number of rotatable bonds is 5. The number of ether oxygens (including phenoxy) is 1. The second-order valence-electron chi connectivity index (χ2n) is 6.07. The van der Waals surface area contributed by atoms with Crippen LogP contribution in [0, 0.1) is 0 Å². The maximum atomic E-state index is 12.6. The number of carbonyl (C=O) groups excluding carboxylic acids is 3. The molecule has 0 bridgehead atoms. The van der Waals surface area contributed by atoms with Crippen LogP contribution in [0.4, 0.5) is 5.69 Å². The number of carbonyl (C=O) groups is 3. The fraction of sp³-hybridized carbons (Fsp3) is 0.0455. The second-order valence-corrected chi connectivity index (χ2v) is 6.07. The van der Waals surface area contributed by atoms with E-state index in [0.29, 0.717) is 28.1 Å². The molecule has 0 saturated heterocycles. The largest absolute Gasteiger partial charge is 0.485 e. The number of hydrogen-bond acceptors (Lipinski definition) is 4. The Balaban J connectivity index is 1.53. The molecule has 0 N–H and O–H groups in total. The van der Waals surface area contributed by atoms with Crippen LogP contribution < -0.4 is 9.64 Å². The first-order chi connectivity index (χ1) is 13.1. The molecule has 1 aliphatic heterocycles. The first-order valence-corrected chi connectivity index (χ1v) is 8.44. The number of anilines is 1. The lowest BCUT2D eigenvalue weighted by molar-refractivity contribution is 0.0910. The van der Waals surface area contributed by atoms with Gasteiger partial charge in [0.25, 0.3) is 11.8 Å². The maximum absolute atomic E-state index is 12.6. The van der Waals surface area contributed by atoms with E-state index in [1.165, 1.54) is 0 Å². The Bertz CT molecular complexity index is 1010. The van der Waals surface area contributed by atoms with Crippen LogP contribution in [-0.4, -0.2) is 24.2 Å². The van der Waals surface area contributed by atoms with E-state index in [0.717, 1.165) is 4.90 Å². The van der Waals surface area contributed by atoms with Gasteiger partial charge < -0.3 is 4.74 Å². The minimum absolute atomic E-state index is 0.129. The molecule has 1 aliphatic rings. The highest BCUT2D eigenvalue weighted by Crippen LogP contribution is 2.30. The van der Waals surface area contributed by atoms with Crippen molar-refractivity contribution in [1.29, 1.82) is 0 Å². The number of ketones is 1. The predicted molar refractivity (Wildman–Crippen MR) is 100 cm³/mol. The van der Waals surface area contributed by atoms with Crippen molar-refractivity contribution >= 4 is 23.3 Å². The molecule has 0 atom stereocenters. The van der Waals surface area contributed by atoms with Crippen LogP contribution >= 0.6 is 0 Å². The molecule has 0 unspecified atom stereocenters. The molecule has 2 amide bonds. The van der Waals surface area contributed by atoms with Crippen molar-refractivity contribution in [2.75, 3.05) is 11.5 Å². The minimum atomic E-state index is -0.367. The Kier molecular flexibility index (Phi) is 4.26. The number of Topliss-reactive ketones (excluding diaryl/α,β-unsaturated/α-hetero) is 1. The van der Waals surface area contributed by atoms with E-state index in [4.69, 9.17) is 4.74 Å². The standard InChI is InChI=1S/C22H15NO4/c24-20(15-7-2-1-3-8-15)14-27-17-10-6-9-16(13-17)23-21(25)18-11-4-5-12-19(18)22(23)26/h1-13H,14H2. The summed E-state index contributed by atoms with van der Waals surface area (Å²) in [7, 11) is 0. The number of nitrogens with zero attached hydrogens (tertiary/aromatic N) is 1. The van der Waals surface area contributed by atoms with Crippen molar-refractivity contribution in [3.8, 4) is 5.75 Å². The first-order valence-electron chi connectivity index (χ1n) is 8.44. The molecule has 0 fully saturated rings. The van der Waals surface area contributed by atoms with Gasteiger partial charge >= 0.3 is 0 Å². The van der Waals surface area contributed by atoms with Crippen molar-refractivity contribution in [2.24, 2.45) is 0 Å². The smallest absolute Gasteiger partial charge is 0.266 e. The van der Waals surface area contributed by atoms with Gasteiger partial charge in [-0.1, -0.05) is 48.5 Å². The molecule has 4 rings (SSSR count). The molecule has 0 radical (unpaired) electrons. The summed E-state index contributed by atoms with van der Waals surface area (Å²) >= 11 is 0. The molecule has 0 aliphatic carbocycles. The molecule has 0 aromatic heterocycles. The van der Waals surface area contributed by atoms with Crippen molar-refractivity contribution in [3.05, 3.63) is 95.6 Å². The SMILES string of the molecule is O=C(COc1cccc(N2C(=O)c3ccccc3C2=O)c1)c1ccccc1. The summed E-state index contributed by atoms with van der Waals surface area (Å²) in [6.45, 7) is -0.129. The zero-order valence-electron chi connectivity index (χ0n) is 14.3. The van der Waals surface area contributed by atoms with Crippen LogP contribution in [0.2, 0.25) is 0 Å². The van der Waals surface area contributed by atoms with Gasteiger partial charge in [0.2, 0.25) is 0 Å².